The van der Waals surface area contributed by atoms with Crippen LogP contribution in [0.25, 0.3) is 0 Å². The lowest BCUT2D eigenvalue weighted by molar-refractivity contribution is -0.104. The van der Waals surface area contributed by atoms with Crippen LogP contribution in [-0.4, -0.2) is 61.4 Å². The fourth-order valence-electron chi connectivity index (χ4n) is 2.95. The van der Waals surface area contributed by atoms with Crippen LogP contribution in [0.1, 0.15) is 23.2 Å². The number of aldehydes is 1. The van der Waals surface area contributed by atoms with Crippen LogP contribution in [0.4, 0.5) is 0 Å². The number of aliphatic hydroxyl groups excluding tert-OH is 2. The molecule has 176 valence electrons. The van der Waals surface area contributed by atoms with Crippen molar-refractivity contribution >= 4 is 22.2 Å². The molecular formula is C23H27N3O6S. The number of nitrogens with one attached hydrogen (secondary N) is 1. The summed E-state index contributed by atoms with van der Waals surface area (Å²) < 4.78 is 27.1. The predicted octanol–water partition coefficient (Wildman–Crippen LogP) is 1.45. The van der Waals surface area contributed by atoms with Crippen molar-refractivity contribution in [2.45, 2.75) is 23.8 Å². The number of hydrogen-bond donors (Lipinski definition) is 3. The summed E-state index contributed by atoms with van der Waals surface area (Å²) >= 11 is 0. The predicted molar refractivity (Wildman–Crippen MR) is 123 cm³/mol. The average Bonchev–Trinajstić information content (AvgIpc) is 2.83. The van der Waals surface area contributed by atoms with Gasteiger partial charge in [0.15, 0.2) is 6.29 Å². The number of hydrogen-bond acceptors (Lipinski definition) is 7. The van der Waals surface area contributed by atoms with E-state index >= 15 is 0 Å². The Kier molecular flexibility index (Phi) is 11.1. The Morgan fingerprint density at radius 2 is 1.94 bits per heavy atom. The van der Waals surface area contributed by atoms with E-state index in [0.717, 1.165) is 7.11 Å². The van der Waals surface area contributed by atoms with Gasteiger partial charge in [-0.25, -0.2) is 8.42 Å². The first kappa shape index (κ1) is 27.7. The van der Waals surface area contributed by atoms with E-state index in [0.29, 0.717) is 19.1 Å². The highest BCUT2D eigenvalue weighted by atomic mass is 32.2. The second kappa shape index (κ2) is 13.2. The van der Waals surface area contributed by atoms with Crippen molar-refractivity contribution in [1.82, 2.24) is 9.62 Å². The van der Waals surface area contributed by atoms with Crippen LogP contribution >= 0.6 is 0 Å². The number of allylic oxidation sites excluding steroid dienone is 5. The number of benzene rings is 1. The normalized spacial score (nSPS) is 15.5. The van der Waals surface area contributed by atoms with Crippen LogP contribution in [0.3, 0.4) is 0 Å². The molecule has 1 fully saturated rings. The van der Waals surface area contributed by atoms with Gasteiger partial charge in [0.1, 0.15) is 0 Å². The van der Waals surface area contributed by atoms with E-state index in [1.165, 1.54) is 46.8 Å². The first-order valence-corrected chi connectivity index (χ1v) is 11.3. The molecule has 1 saturated heterocycles. The van der Waals surface area contributed by atoms with Crippen LogP contribution in [-0.2, 0) is 14.8 Å². The van der Waals surface area contributed by atoms with Gasteiger partial charge in [-0.05, 0) is 43.2 Å². The van der Waals surface area contributed by atoms with Gasteiger partial charge in [-0.1, -0.05) is 25.3 Å². The number of nitrogens with zero attached hydrogens (tertiary/aromatic N) is 2. The summed E-state index contributed by atoms with van der Waals surface area (Å²) in [7, 11) is -2.82. The van der Waals surface area contributed by atoms with E-state index in [-0.39, 0.29) is 40.4 Å². The molecule has 0 atom stereocenters. The van der Waals surface area contributed by atoms with Gasteiger partial charge in [-0.3, -0.25) is 9.59 Å². The van der Waals surface area contributed by atoms with Crippen LogP contribution in [0.2, 0.25) is 0 Å². The van der Waals surface area contributed by atoms with Crippen molar-refractivity contribution in [3.8, 4) is 6.07 Å². The van der Waals surface area contributed by atoms with Crippen LogP contribution in [0.5, 0.6) is 0 Å². The van der Waals surface area contributed by atoms with Gasteiger partial charge in [0.05, 0.1) is 22.8 Å². The second-order valence-electron chi connectivity index (χ2n) is 6.79. The number of carbonyl (C=O) groups is 2. The molecule has 10 heteroatoms. The monoisotopic (exact) mass is 473 g/mol. The van der Waals surface area contributed by atoms with Crippen molar-refractivity contribution in [3.63, 3.8) is 0 Å². The summed E-state index contributed by atoms with van der Waals surface area (Å²) in [6, 6.07) is 7.32. The third-order valence-corrected chi connectivity index (χ3v) is 6.50. The molecular weight excluding hydrogens is 446 g/mol. The Morgan fingerprint density at radius 3 is 2.48 bits per heavy atom. The lowest BCUT2D eigenvalue weighted by Crippen LogP contribution is -2.40. The Morgan fingerprint density at radius 1 is 1.30 bits per heavy atom. The molecule has 1 aliphatic heterocycles. The Hall–Kier alpha value is -3.36. The molecule has 3 N–H and O–H groups in total. The molecule has 0 aliphatic carbocycles. The molecule has 2 rings (SSSR count). The average molecular weight is 474 g/mol. The van der Waals surface area contributed by atoms with E-state index in [9.17, 15) is 23.1 Å². The van der Waals surface area contributed by atoms with Gasteiger partial charge in [0, 0.05) is 36.9 Å². The minimum atomic E-state index is -3.82. The maximum atomic E-state index is 12.9. The third-order valence-electron chi connectivity index (χ3n) is 4.60. The molecule has 0 saturated carbocycles. The lowest BCUT2D eigenvalue weighted by Gasteiger charge is -2.28. The number of carbonyl (C=O) groups excluding carboxylic acids is 2. The smallest absolute Gasteiger partial charge is 0.255 e. The molecule has 0 unspecified atom stereocenters. The summed E-state index contributed by atoms with van der Waals surface area (Å²) in [6.45, 7) is 7.41. The van der Waals surface area contributed by atoms with Gasteiger partial charge in [0.2, 0.25) is 10.0 Å². The van der Waals surface area contributed by atoms with Crippen molar-refractivity contribution in [3.05, 3.63) is 78.1 Å². The number of nitriles is 1. The molecule has 1 amide bonds. The molecule has 1 aromatic rings. The van der Waals surface area contributed by atoms with Crippen molar-refractivity contribution in [2.24, 2.45) is 0 Å². The Labute approximate surface area is 193 Å². The fourth-order valence-corrected chi connectivity index (χ4v) is 4.46. The number of sulfonamides is 1. The van der Waals surface area contributed by atoms with E-state index in [2.05, 4.69) is 18.5 Å². The molecule has 1 heterocycles. The minimum absolute atomic E-state index is 0.00968. The number of amides is 1. The first-order chi connectivity index (χ1) is 15.7. The molecule has 1 aromatic carbocycles. The quantitative estimate of drug-likeness (QED) is 0.224. The molecule has 9 nitrogen and oxygen atoms in total. The maximum Gasteiger partial charge on any atom is 0.255 e. The van der Waals surface area contributed by atoms with E-state index < -0.39 is 22.0 Å². The topological polar surface area (TPSA) is 148 Å². The first-order valence-electron chi connectivity index (χ1n) is 9.86. The zero-order valence-electron chi connectivity index (χ0n) is 18.3. The molecule has 1 aliphatic rings. The number of piperidine rings is 1. The van der Waals surface area contributed by atoms with Crippen LogP contribution in [0.15, 0.2) is 77.4 Å². The van der Waals surface area contributed by atoms with Gasteiger partial charge < -0.3 is 15.5 Å². The standard InChI is InChI=1S/C22H23N3O5S.CH4O/c1-3-5-21(18(15-26)12-16(2)14-23)24-22(28)17-6-4-7-20(13-17)31(29,30)25-10-8-19(27)9-11-25;1-2/h3-7,12-13,15,19,27H,1-2,8-11H2,(H,24,28);2H,1H3/b18-12-,21-5+;. The zero-order chi connectivity index (χ0) is 25.0. The molecule has 0 aromatic heterocycles. The van der Waals surface area contributed by atoms with Gasteiger partial charge in [-0.2, -0.15) is 9.57 Å². The lowest BCUT2D eigenvalue weighted by atomic mass is 10.1. The summed E-state index contributed by atoms with van der Waals surface area (Å²) in [5.74, 6) is -0.644. The SMILES string of the molecule is C=C/C=C(NC(=O)c1cccc(S(=O)(=O)N2CCC(O)CC2)c1)\C(C=O)=C/C(=C)C#N.CO. The Balaban J connectivity index is 0.00000265. The highest BCUT2D eigenvalue weighted by Gasteiger charge is 2.29. The minimum Gasteiger partial charge on any atom is -0.400 e. The molecule has 0 spiro atoms. The van der Waals surface area contributed by atoms with E-state index in [1.54, 1.807) is 6.07 Å². The molecule has 33 heavy (non-hydrogen) atoms. The highest BCUT2D eigenvalue weighted by Crippen LogP contribution is 2.22. The maximum absolute atomic E-state index is 12.9. The summed E-state index contributed by atoms with van der Waals surface area (Å²) in [5.41, 5.74) is 0.184. The van der Waals surface area contributed by atoms with Crippen molar-refractivity contribution in [2.75, 3.05) is 20.2 Å². The van der Waals surface area contributed by atoms with Gasteiger partial charge >= 0.3 is 0 Å². The van der Waals surface area contributed by atoms with Gasteiger partial charge in [-0.15, -0.1) is 0 Å². The highest BCUT2D eigenvalue weighted by molar-refractivity contribution is 7.89. The second-order valence-corrected chi connectivity index (χ2v) is 8.73. The summed E-state index contributed by atoms with van der Waals surface area (Å²) in [6.07, 6.45) is 4.60. The van der Waals surface area contributed by atoms with Crippen molar-refractivity contribution < 1.29 is 28.2 Å². The zero-order valence-corrected chi connectivity index (χ0v) is 19.1. The largest absolute Gasteiger partial charge is 0.400 e. The molecule has 0 bridgehead atoms. The van der Waals surface area contributed by atoms with Crippen LogP contribution < -0.4 is 5.32 Å². The van der Waals surface area contributed by atoms with E-state index in [1.807, 2.05) is 0 Å². The number of rotatable bonds is 8. The fraction of sp³-hybridized carbons (Fsp3) is 0.261. The van der Waals surface area contributed by atoms with Gasteiger partial charge in [0.25, 0.3) is 5.91 Å². The Bertz CT molecular complexity index is 1090. The van der Waals surface area contributed by atoms with E-state index in [4.69, 9.17) is 10.4 Å². The molecule has 0 radical (unpaired) electrons. The third kappa shape index (κ3) is 7.62. The van der Waals surface area contributed by atoms with Crippen molar-refractivity contribution in [1.29, 1.82) is 5.26 Å². The summed E-state index contributed by atoms with van der Waals surface area (Å²) in [5, 5.41) is 28.0. The van der Waals surface area contributed by atoms with Crippen LogP contribution in [0, 0.1) is 11.3 Å². The number of aliphatic hydroxyl groups is 2. The summed E-state index contributed by atoms with van der Waals surface area (Å²) in [4.78, 5) is 24.1.